The molecule has 0 spiro atoms. The fourth-order valence-electron chi connectivity index (χ4n) is 0.322. The van der Waals surface area contributed by atoms with E-state index in [4.69, 9.17) is 6.42 Å². The molecule has 0 nitrogen and oxygen atoms in total. The van der Waals surface area contributed by atoms with Crippen molar-refractivity contribution in [2.75, 3.05) is 5.33 Å². The summed E-state index contributed by atoms with van der Waals surface area (Å²) in [6.07, 6.45) is 8.28. The second kappa shape index (κ2) is 10.3. The van der Waals surface area contributed by atoms with Gasteiger partial charge in [-0.2, -0.15) is 0 Å². The van der Waals surface area contributed by atoms with E-state index in [0.717, 1.165) is 18.2 Å². The lowest BCUT2D eigenvalue weighted by Gasteiger charge is -1.85. The van der Waals surface area contributed by atoms with Crippen LogP contribution in [-0.2, 0) is 0 Å². The third-order valence-electron chi connectivity index (χ3n) is 0.705. The van der Waals surface area contributed by atoms with Crippen LogP contribution in [-0.4, -0.2) is 5.33 Å². The van der Waals surface area contributed by atoms with Crippen molar-refractivity contribution in [3.8, 4) is 12.3 Å². The zero-order valence-electron chi connectivity index (χ0n) is 4.69. The Morgan fingerprint density at radius 3 is 2.38 bits per heavy atom. The smallest absolute Gasteiger partial charge is 0.00863 e. The maximum atomic E-state index is 5.00. The van der Waals surface area contributed by atoms with Gasteiger partial charge in [-0.3, -0.25) is 0 Å². The summed E-state index contributed by atoms with van der Waals surface area (Å²) in [6, 6.07) is 0. The summed E-state index contributed by atoms with van der Waals surface area (Å²) in [6.45, 7) is 0. The summed E-state index contributed by atoms with van der Waals surface area (Å²) in [5, 5.41) is 1.08. The van der Waals surface area contributed by atoms with E-state index < -0.39 is 0 Å². The molecule has 0 aliphatic carbocycles. The van der Waals surface area contributed by atoms with E-state index in [2.05, 4.69) is 21.9 Å². The van der Waals surface area contributed by atoms with Gasteiger partial charge in [-0.25, -0.2) is 0 Å². The van der Waals surface area contributed by atoms with Gasteiger partial charge in [0.25, 0.3) is 0 Å². The minimum atomic E-state index is 0. The Balaban J connectivity index is 0. The van der Waals surface area contributed by atoms with Crippen molar-refractivity contribution in [3.63, 3.8) is 0 Å². The first kappa shape index (κ1) is 11.2. The van der Waals surface area contributed by atoms with Crippen LogP contribution in [0.1, 0.15) is 19.3 Å². The van der Waals surface area contributed by atoms with Crippen LogP contribution >= 0.6 is 28.3 Å². The van der Waals surface area contributed by atoms with Gasteiger partial charge in [0.15, 0.2) is 0 Å². The molecule has 48 valence electrons. The molecular weight excluding hydrogens is 187 g/mol. The van der Waals surface area contributed by atoms with Gasteiger partial charge >= 0.3 is 0 Å². The van der Waals surface area contributed by atoms with Gasteiger partial charge in [0.1, 0.15) is 0 Å². The fourth-order valence-corrected chi connectivity index (χ4v) is 0.718. The standard InChI is InChI=1S/C6H9Br.ClH/c1-2-3-4-5-6-7;/h1H,3-6H2;1H. The predicted molar refractivity (Wildman–Crippen MR) is 43.7 cm³/mol. The van der Waals surface area contributed by atoms with Crippen molar-refractivity contribution in [2.24, 2.45) is 0 Å². The number of rotatable bonds is 3. The molecule has 0 saturated carbocycles. The highest BCUT2D eigenvalue weighted by Gasteiger charge is 1.78. The monoisotopic (exact) mass is 196 g/mol. The Bertz CT molecular complexity index is 65.4. The van der Waals surface area contributed by atoms with Crippen molar-refractivity contribution in [2.45, 2.75) is 19.3 Å². The highest BCUT2D eigenvalue weighted by molar-refractivity contribution is 9.09. The van der Waals surface area contributed by atoms with Gasteiger partial charge in [0.2, 0.25) is 0 Å². The van der Waals surface area contributed by atoms with Gasteiger partial charge in [0.05, 0.1) is 0 Å². The molecule has 0 bridgehead atoms. The van der Waals surface area contributed by atoms with Gasteiger partial charge in [-0.15, -0.1) is 24.8 Å². The van der Waals surface area contributed by atoms with Crippen LogP contribution in [0.25, 0.3) is 0 Å². The number of unbranched alkanes of at least 4 members (excludes halogenated alkanes) is 2. The van der Waals surface area contributed by atoms with Gasteiger partial charge in [-0.05, 0) is 12.8 Å². The first-order valence-electron chi connectivity index (χ1n) is 2.41. The number of terminal acetylenes is 1. The van der Waals surface area contributed by atoms with Crippen molar-refractivity contribution in [3.05, 3.63) is 0 Å². The fraction of sp³-hybridized carbons (Fsp3) is 0.667. The number of hydrogen-bond acceptors (Lipinski definition) is 0. The highest BCUT2D eigenvalue weighted by atomic mass is 79.9. The third-order valence-corrected chi connectivity index (χ3v) is 1.27. The molecule has 0 aliphatic rings. The Morgan fingerprint density at radius 2 is 2.00 bits per heavy atom. The average molecular weight is 198 g/mol. The van der Waals surface area contributed by atoms with Gasteiger partial charge in [0, 0.05) is 11.8 Å². The zero-order valence-corrected chi connectivity index (χ0v) is 7.09. The molecule has 0 saturated heterocycles. The van der Waals surface area contributed by atoms with Crippen LogP contribution in [0.3, 0.4) is 0 Å². The summed E-state index contributed by atoms with van der Waals surface area (Å²) >= 11 is 3.31. The molecule has 2 heteroatoms. The summed E-state index contributed by atoms with van der Waals surface area (Å²) in [5.74, 6) is 2.58. The molecule has 0 N–H and O–H groups in total. The molecule has 0 radical (unpaired) electrons. The summed E-state index contributed by atoms with van der Waals surface area (Å²) in [4.78, 5) is 0. The molecule has 0 heterocycles. The van der Waals surface area contributed by atoms with Crippen LogP contribution in [0.2, 0.25) is 0 Å². The summed E-state index contributed by atoms with van der Waals surface area (Å²) in [7, 11) is 0. The van der Waals surface area contributed by atoms with Crippen LogP contribution < -0.4 is 0 Å². The van der Waals surface area contributed by atoms with Gasteiger partial charge in [-0.1, -0.05) is 15.9 Å². The van der Waals surface area contributed by atoms with Crippen molar-refractivity contribution in [1.29, 1.82) is 0 Å². The van der Waals surface area contributed by atoms with E-state index in [0.29, 0.717) is 0 Å². The molecule has 8 heavy (non-hydrogen) atoms. The van der Waals surface area contributed by atoms with Crippen LogP contribution in [0.5, 0.6) is 0 Å². The SMILES string of the molecule is C#CCCCCBr.Cl. The molecule has 0 aliphatic heterocycles. The normalized spacial score (nSPS) is 7.00. The van der Waals surface area contributed by atoms with E-state index in [1.165, 1.54) is 6.42 Å². The Hall–Kier alpha value is 0.330. The van der Waals surface area contributed by atoms with E-state index >= 15 is 0 Å². The molecule has 0 amide bonds. The first-order chi connectivity index (χ1) is 3.41. The maximum Gasteiger partial charge on any atom is 0.00863 e. The van der Waals surface area contributed by atoms with Crippen molar-refractivity contribution in [1.82, 2.24) is 0 Å². The number of hydrogen-bond donors (Lipinski definition) is 0. The van der Waals surface area contributed by atoms with E-state index in [1.54, 1.807) is 0 Å². The summed E-state index contributed by atoms with van der Waals surface area (Å²) < 4.78 is 0. The van der Waals surface area contributed by atoms with Crippen LogP contribution in [0.15, 0.2) is 0 Å². The number of halogens is 2. The van der Waals surface area contributed by atoms with Crippen molar-refractivity contribution >= 4 is 28.3 Å². The van der Waals surface area contributed by atoms with Crippen molar-refractivity contribution < 1.29 is 0 Å². The summed E-state index contributed by atoms with van der Waals surface area (Å²) in [5.41, 5.74) is 0. The first-order valence-corrected chi connectivity index (χ1v) is 3.53. The Morgan fingerprint density at radius 1 is 1.38 bits per heavy atom. The quantitative estimate of drug-likeness (QED) is 0.371. The minimum absolute atomic E-state index is 0. The zero-order chi connectivity index (χ0) is 5.54. The van der Waals surface area contributed by atoms with Crippen LogP contribution in [0, 0.1) is 12.3 Å². The van der Waals surface area contributed by atoms with E-state index in [1.807, 2.05) is 0 Å². The molecule has 0 fully saturated rings. The second-order valence-electron chi connectivity index (χ2n) is 1.35. The minimum Gasteiger partial charge on any atom is -0.147 e. The molecule has 0 aromatic heterocycles. The van der Waals surface area contributed by atoms with Gasteiger partial charge < -0.3 is 0 Å². The third kappa shape index (κ3) is 9.59. The molecule has 0 aromatic rings. The Kier molecular flexibility index (Phi) is 14.4. The lowest BCUT2D eigenvalue weighted by atomic mass is 10.3. The Labute approximate surface area is 65.6 Å². The highest BCUT2D eigenvalue weighted by Crippen LogP contribution is 1.95. The van der Waals surface area contributed by atoms with E-state index in [-0.39, 0.29) is 12.4 Å². The average Bonchev–Trinajstić information content (AvgIpc) is 1.69. The van der Waals surface area contributed by atoms with Crippen LogP contribution in [0.4, 0.5) is 0 Å². The molecule has 0 rings (SSSR count). The lowest BCUT2D eigenvalue weighted by Crippen LogP contribution is -1.72. The largest absolute Gasteiger partial charge is 0.147 e. The molecular formula is C6H10BrCl. The lowest BCUT2D eigenvalue weighted by molar-refractivity contribution is 0.841. The van der Waals surface area contributed by atoms with E-state index in [9.17, 15) is 0 Å². The molecule has 0 unspecified atom stereocenters. The number of alkyl halides is 1. The molecule has 0 atom stereocenters. The predicted octanol–water partition coefficient (Wildman–Crippen LogP) is 2.61. The topological polar surface area (TPSA) is 0 Å². The second-order valence-corrected chi connectivity index (χ2v) is 2.14. The molecule has 0 aromatic carbocycles. The maximum absolute atomic E-state index is 5.00.